The van der Waals surface area contributed by atoms with E-state index < -0.39 is 28.5 Å². The van der Waals surface area contributed by atoms with E-state index in [1.165, 1.54) is 23.1 Å². The van der Waals surface area contributed by atoms with Crippen LogP contribution in [0.5, 0.6) is 0 Å². The minimum atomic E-state index is -4.17. The Balaban J connectivity index is 2.08. The predicted octanol–water partition coefficient (Wildman–Crippen LogP) is 6.53. The van der Waals surface area contributed by atoms with E-state index >= 15 is 0 Å². The van der Waals surface area contributed by atoms with E-state index in [1.54, 1.807) is 48.5 Å². The number of hydrogen-bond acceptors (Lipinski definition) is 4. The molecule has 2 atom stereocenters. The van der Waals surface area contributed by atoms with Crippen molar-refractivity contribution in [2.45, 2.75) is 71.0 Å². The molecule has 1 N–H and O–H groups in total. The highest BCUT2D eigenvalue weighted by Crippen LogP contribution is 2.29. The maximum atomic E-state index is 14.1. The first-order valence-electron chi connectivity index (χ1n) is 13.6. The Hall–Kier alpha value is -3.07. The van der Waals surface area contributed by atoms with Crippen molar-refractivity contribution in [2.75, 3.05) is 10.8 Å². The zero-order valence-corrected chi connectivity index (χ0v) is 26.4. The molecule has 3 aromatic carbocycles. The normalized spacial score (nSPS) is 12.9. The predicted molar refractivity (Wildman–Crippen MR) is 166 cm³/mol. The zero-order valence-electron chi connectivity index (χ0n) is 24.0. The quantitative estimate of drug-likeness (QED) is 0.250. The number of sulfonamides is 1. The molecule has 0 saturated heterocycles. The van der Waals surface area contributed by atoms with Crippen LogP contribution in [-0.4, -0.2) is 43.8 Å². The van der Waals surface area contributed by atoms with Crippen LogP contribution in [0.3, 0.4) is 0 Å². The number of amides is 2. The van der Waals surface area contributed by atoms with Gasteiger partial charge in [-0.15, -0.1) is 0 Å². The second kappa shape index (κ2) is 14.2. The number of benzene rings is 3. The van der Waals surface area contributed by atoms with Crippen LogP contribution in [0.2, 0.25) is 10.0 Å². The van der Waals surface area contributed by atoms with E-state index in [-0.39, 0.29) is 29.1 Å². The molecule has 41 heavy (non-hydrogen) atoms. The summed E-state index contributed by atoms with van der Waals surface area (Å²) in [6.07, 6.45) is 1.06. The molecule has 7 nitrogen and oxygen atoms in total. The SMILES string of the molecule is CC[C@@H](C)NC(=O)[C@H](CC)N(Cc1ccc(Cl)cc1)C(=O)CN(c1ccc(C)c(Cl)c1)S(=O)(=O)c1ccc(C)cc1. The van der Waals surface area contributed by atoms with Crippen molar-refractivity contribution in [2.24, 2.45) is 0 Å². The first kappa shape index (κ1) is 32.4. The van der Waals surface area contributed by atoms with Gasteiger partial charge in [0.2, 0.25) is 11.8 Å². The van der Waals surface area contributed by atoms with E-state index in [9.17, 15) is 18.0 Å². The molecule has 0 bridgehead atoms. The largest absolute Gasteiger partial charge is 0.352 e. The van der Waals surface area contributed by atoms with Gasteiger partial charge in [0, 0.05) is 22.6 Å². The molecular weight excluding hydrogens is 581 g/mol. The van der Waals surface area contributed by atoms with Crippen LogP contribution >= 0.6 is 23.2 Å². The standard InChI is InChI=1S/C31H37Cl2N3O4S/c1-6-23(5)34-31(38)29(7-2)35(19-24-11-13-25(32)14-12-24)30(37)20-36(26-15-10-22(4)28(33)18-26)41(39,40)27-16-8-21(3)9-17-27/h8-18,23,29H,6-7,19-20H2,1-5H3,(H,34,38)/t23-,29+/m1/s1. The second-order valence-electron chi connectivity index (χ2n) is 10.1. The van der Waals surface area contributed by atoms with Crippen molar-refractivity contribution in [1.82, 2.24) is 10.2 Å². The Morgan fingerprint density at radius 3 is 2.10 bits per heavy atom. The molecule has 2 amide bonds. The van der Waals surface area contributed by atoms with Crippen LogP contribution in [0.1, 0.15) is 50.3 Å². The molecule has 0 aliphatic heterocycles. The third kappa shape index (κ3) is 8.24. The lowest BCUT2D eigenvalue weighted by molar-refractivity contribution is -0.140. The van der Waals surface area contributed by atoms with Crippen LogP contribution < -0.4 is 9.62 Å². The Kier molecular flexibility index (Phi) is 11.2. The Bertz CT molecular complexity index is 1460. The average molecular weight is 619 g/mol. The summed E-state index contributed by atoms with van der Waals surface area (Å²) in [6, 6.07) is 17.4. The molecule has 0 aliphatic rings. The first-order valence-corrected chi connectivity index (χ1v) is 15.8. The molecule has 0 radical (unpaired) electrons. The number of carbonyl (C=O) groups is 2. The maximum Gasteiger partial charge on any atom is 0.264 e. The van der Waals surface area contributed by atoms with Gasteiger partial charge in [-0.1, -0.05) is 72.9 Å². The smallest absolute Gasteiger partial charge is 0.264 e. The van der Waals surface area contributed by atoms with Crippen molar-refractivity contribution in [1.29, 1.82) is 0 Å². The fourth-order valence-electron chi connectivity index (χ4n) is 4.25. The minimum absolute atomic E-state index is 0.0402. The number of anilines is 1. The van der Waals surface area contributed by atoms with Gasteiger partial charge in [0.1, 0.15) is 12.6 Å². The number of nitrogens with zero attached hydrogens (tertiary/aromatic N) is 2. The summed E-state index contributed by atoms with van der Waals surface area (Å²) in [4.78, 5) is 28.9. The van der Waals surface area contributed by atoms with Gasteiger partial charge >= 0.3 is 0 Å². The molecule has 0 aliphatic carbocycles. The van der Waals surface area contributed by atoms with Crippen molar-refractivity contribution >= 4 is 50.7 Å². The van der Waals surface area contributed by atoms with Crippen molar-refractivity contribution < 1.29 is 18.0 Å². The van der Waals surface area contributed by atoms with Crippen molar-refractivity contribution in [3.05, 3.63) is 93.5 Å². The van der Waals surface area contributed by atoms with Gasteiger partial charge < -0.3 is 10.2 Å². The number of rotatable bonds is 12. The van der Waals surface area contributed by atoms with E-state index in [4.69, 9.17) is 23.2 Å². The van der Waals surface area contributed by atoms with E-state index in [0.717, 1.165) is 27.4 Å². The summed E-state index contributed by atoms with van der Waals surface area (Å²) >= 11 is 12.5. The minimum Gasteiger partial charge on any atom is -0.352 e. The number of carbonyl (C=O) groups excluding carboxylic acids is 2. The van der Waals surface area contributed by atoms with Crippen LogP contribution in [0.4, 0.5) is 5.69 Å². The van der Waals surface area contributed by atoms with Gasteiger partial charge in [-0.05, 0) is 81.1 Å². The Morgan fingerprint density at radius 1 is 0.902 bits per heavy atom. The lowest BCUT2D eigenvalue weighted by atomic mass is 10.1. The number of hydrogen-bond donors (Lipinski definition) is 1. The second-order valence-corrected chi connectivity index (χ2v) is 12.9. The highest BCUT2D eigenvalue weighted by Gasteiger charge is 2.34. The highest BCUT2D eigenvalue weighted by molar-refractivity contribution is 7.92. The van der Waals surface area contributed by atoms with Gasteiger partial charge in [0.15, 0.2) is 0 Å². The summed E-state index contributed by atoms with van der Waals surface area (Å²) < 4.78 is 29.0. The van der Waals surface area contributed by atoms with Crippen LogP contribution in [0, 0.1) is 13.8 Å². The van der Waals surface area contributed by atoms with Crippen molar-refractivity contribution in [3.8, 4) is 0 Å². The zero-order chi connectivity index (χ0) is 30.3. The number of halogens is 2. The third-order valence-corrected chi connectivity index (χ3v) is 9.43. The molecule has 10 heteroatoms. The van der Waals surface area contributed by atoms with Crippen LogP contribution in [-0.2, 0) is 26.2 Å². The molecule has 0 unspecified atom stereocenters. The van der Waals surface area contributed by atoms with Gasteiger partial charge in [-0.3, -0.25) is 13.9 Å². The first-order chi connectivity index (χ1) is 19.4. The maximum absolute atomic E-state index is 14.1. The highest BCUT2D eigenvalue weighted by atomic mass is 35.5. The summed E-state index contributed by atoms with van der Waals surface area (Å²) in [5, 5.41) is 3.88. The summed E-state index contributed by atoms with van der Waals surface area (Å²) in [5.41, 5.74) is 2.67. The molecule has 0 fully saturated rings. The average Bonchev–Trinajstić information content (AvgIpc) is 2.94. The molecular formula is C31H37Cl2N3O4S. The number of nitrogens with one attached hydrogen (secondary N) is 1. The fourth-order valence-corrected chi connectivity index (χ4v) is 5.96. The summed E-state index contributed by atoms with van der Waals surface area (Å²) in [6.45, 7) is 8.92. The van der Waals surface area contributed by atoms with Crippen molar-refractivity contribution in [3.63, 3.8) is 0 Å². The van der Waals surface area contributed by atoms with E-state index in [2.05, 4.69) is 5.32 Å². The molecule has 0 spiro atoms. The molecule has 0 aromatic heterocycles. The fraction of sp³-hybridized carbons (Fsp3) is 0.355. The molecule has 3 aromatic rings. The van der Waals surface area contributed by atoms with Crippen LogP contribution in [0.15, 0.2) is 71.6 Å². The molecule has 220 valence electrons. The molecule has 0 heterocycles. The van der Waals surface area contributed by atoms with Crippen LogP contribution in [0.25, 0.3) is 0 Å². The van der Waals surface area contributed by atoms with Gasteiger partial charge in [0.25, 0.3) is 10.0 Å². The third-order valence-electron chi connectivity index (χ3n) is 6.98. The Morgan fingerprint density at radius 2 is 1.54 bits per heavy atom. The lowest BCUT2D eigenvalue weighted by Crippen LogP contribution is -2.53. The van der Waals surface area contributed by atoms with Gasteiger partial charge in [-0.2, -0.15) is 0 Å². The van der Waals surface area contributed by atoms with Gasteiger partial charge in [0.05, 0.1) is 10.6 Å². The van der Waals surface area contributed by atoms with Gasteiger partial charge in [-0.25, -0.2) is 8.42 Å². The summed E-state index contributed by atoms with van der Waals surface area (Å²) in [5.74, 6) is -0.825. The van der Waals surface area contributed by atoms with E-state index in [0.29, 0.717) is 16.5 Å². The monoisotopic (exact) mass is 617 g/mol. The number of aryl methyl sites for hydroxylation is 2. The Labute approximate surface area is 253 Å². The topological polar surface area (TPSA) is 86.8 Å². The summed E-state index contributed by atoms with van der Waals surface area (Å²) in [7, 11) is -4.17. The van der Waals surface area contributed by atoms with E-state index in [1.807, 2.05) is 34.6 Å². The molecule has 3 rings (SSSR count). The molecule has 0 saturated carbocycles. The lowest BCUT2D eigenvalue weighted by Gasteiger charge is -2.33.